The minimum absolute atomic E-state index is 0.0771. The molecule has 2 aromatic rings. The molecule has 0 saturated heterocycles. The van der Waals surface area contributed by atoms with E-state index in [1.807, 2.05) is 16.9 Å². The van der Waals surface area contributed by atoms with Gasteiger partial charge in [-0.1, -0.05) is 0 Å². The number of nitro groups is 1. The van der Waals surface area contributed by atoms with Crippen LogP contribution in [0.2, 0.25) is 0 Å². The molecule has 0 fully saturated rings. The van der Waals surface area contributed by atoms with Crippen molar-refractivity contribution in [3.63, 3.8) is 0 Å². The number of hydrogen-bond acceptors (Lipinski definition) is 5. The second-order valence-electron chi connectivity index (χ2n) is 3.98. The molecule has 7 heteroatoms. The van der Waals surface area contributed by atoms with Gasteiger partial charge in [0.05, 0.1) is 24.1 Å². The first-order chi connectivity index (χ1) is 9.02. The van der Waals surface area contributed by atoms with Gasteiger partial charge in [-0.2, -0.15) is 0 Å². The molecule has 100 valence electrons. The first-order valence-electron chi connectivity index (χ1n) is 5.49. The predicted octanol–water partition coefficient (Wildman–Crippen LogP) is 3.55. The summed E-state index contributed by atoms with van der Waals surface area (Å²) in [7, 11) is 1.53. The molecular weight excluding hydrogens is 284 g/mol. The average Bonchev–Trinajstić information content (AvgIpc) is 2.70. The maximum Gasteiger partial charge on any atom is 0.274 e. The van der Waals surface area contributed by atoms with Crippen LogP contribution in [0, 0.1) is 21.0 Å². The molecule has 0 atom stereocenters. The Balaban J connectivity index is 2.48. The molecular formula is C12H12N2O3S2. The molecule has 0 saturated carbocycles. The Kier molecular flexibility index (Phi) is 3.96. The lowest BCUT2D eigenvalue weighted by atomic mass is 10.1. The number of methoxy groups -OCH3 is 1. The Hall–Kier alpha value is -1.73. The summed E-state index contributed by atoms with van der Waals surface area (Å²) in [6.45, 7) is 2.31. The van der Waals surface area contributed by atoms with Crippen molar-refractivity contribution in [1.29, 1.82) is 0 Å². The Morgan fingerprint density at radius 1 is 1.53 bits per heavy atom. The van der Waals surface area contributed by atoms with Gasteiger partial charge < -0.3 is 9.30 Å². The normalized spacial score (nSPS) is 10.4. The summed E-state index contributed by atoms with van der Waals surface area (Å²) >= 11 is 6.67. The van der Waals surface area contributed by atoms with E-state index in [0.717, 1.165) is 5.69 Å². The molecule has 2 rings (SSSR count). The van der Waals surface area contributed by atoms with Crippen LogP contribution in [0.4, 0.5) is 5.69 Å². The second kappa shape index (κ2) is 5.50. The summed E-state index contributed by atoms with van der Waals surface area (Å²) in [6.07, 6.45) is 0. The van der Waals surface area contributed by atoms with Gasteiger partial charge >= 0.3 is 0 Å². The Morgan fingerprint density at radius 3 is 2.79 bits per heavy atom. The fraction of sp³-hybridized carbons (Fsp3) is 0.250. The number of nitro benzene ring substituents is 1. The monoisotopic (exact) mass is 296 g/mol. The molecule has 1 aromatic carbocycles. The van der Waals surface area contributed by atoms with Gasteiger partial charge in [-0.15, -0.1) is 11.3 Å². The zero-order chi connectivity index (χ0) is 14.0. The summed E-state index contributed by atoms with van der Waals surface area (Å²) in [6, 6.07) is 4.72. The van der Waals surface area contributed by atoms with E-state index in [1.54, 1.807) is 12.1 Å². The number of hydrogen-bond donors (Lipinski definition) is 0. The molecule has 0 aliphatic heterocycles. The highest BCUT2D eigenvalue weighted by atomic mass is 32.1. The molecule has 0 aliphatic rings. The van der Waals surface area contributed by atoms with Gasteiger partial charge in [0, 0.05) is 17.1 Å². The molecule has 19 heavy (non-hydrogen) atoms. The largest absolute Gasteiger partial charge is 0.497 e. The van der Waals surface area contributed by atoms with Crippen LogP contribution in [-0.2, 0) is 6.54 Å². The predicted molar refractivity (Wildman–Crippen MR) is 76.6 cm³/mol. The molecule has 0 N–H and O–H groups in total. The fourth-order valence-electron chi connectivity index (χ4n) is 1.76. The highest BCUT2D eigenvalue weighted by Crippen LogP contribution is 2.26. The van der Waals surface area contributed by atoms with E-state index in [9.17, 15) is 10.1 Å². The lowest BCUT2D eigenvalue weighted by Crippen LogP contribution is -2.05. The van der Waals surface area contributed by atoms with Crippen molar-refractivity contribution in [2.24, 2.45) is 0 Å². The highest BCUT2D eigenvalue weighted by molar-refractivity contribution is 7.73. The SMILES string of the molecule is COc1ccc([N+](=O)[O-])c(Cn2c(C)csc2=S)c1. The van der Waals surface area contributed by atoms with Crippen LogP contribution in [0.15, 0.2) is 23.6 Å². The fourth-order valence-corrected chi connectivity index (χ4v) is 2.85. The maximum atomic E-state index is 11.1. The molecule has 0 aliphatic carbocycles. The second-order valence-corrected chi connectivity index (χ2v) is 5.48. The van der Waals surface area contributed by atoms with Crippen molar-refractivity contribution in [2.45, 2.75) is 13.5 Å². The summed E-state index contributed by atoms with van der Waals surface area (Å²) in [4.78, 5) is 10.7. The van der Waals surface area contributed by atoms with Crippen molar-refractivity contribution in [3.05, 3.63) is 48.9 Å². The van der Waals surface area contributed by atoms with Crippen LogP contribution >= 0.6 is 23.6 Å². The number of benzene rings is 1. The van der Waals surface area contributed by atoms with Crippen LogP contribution in [0.5, 0.6) is 5.75 Å². The van der Waals surface area contributed by atoms with Crippen molar-refractivity contribution in [1.82, 2.24) is 4.57 Å². The first-order valence-corrected chi connectivity index (χ1v) is 6.78. The maximum absolute atomic E-state index is 11.1. The number of aromatic nitrogens is 1. The third-order valence-corrected chi connectivity index (χ3v) is 4.18. The van der Waals surface area contributed by atoms with E-state index >= 15 is 0 Å². The Morgan fingerprint density at radius 2 is 2.26 bits per heavy atom. The first kappa shape index (κ1) is 13.7. The molecule has 0 spiro atoms. The quantitative estimate of drug-likeness (QED) is 0.492. The van der Waals surface area contributed by atoms with Crippen molar-refractivity contribution in [2.75, 3.05) is 7.11 Å². The van der Waals surface area contributed by atoms with Crippen LogP contribution in [0.25, 0.3) is 0 Å². The third kappa shape index (κ3) is 2.82. The number of rotatable bonds is 4. The number of ether oxygens (including phenoxy) is 1. The van der Waals surface area contributed by atoms with Crippen LogP contribution in [0.1, 0.15) is 11.3 Å². The van der Waals surface area contributed by atoms with Gasteiger partial charge in [0.25, 0.3) is 5.69 Å². The summed E-state index contributed by atoms with van der Waals surface area (Å²) in [5.41, 5.74) is 1.65. The van der Waals surface area contributed by atoms with E-state index in [-0.39, 0.29) is 10.6 Å². The lowest BCUT2D eigenvalue weighted by Gasteiger charge is -2.08. The van der Waals surface area contributed by atoms with E-state index < -0.39 is 0 Å². The number of aryl methyl sites for hydroxylation is 1. The molecule has 0 amide bonds. The summed E-state index contributed by atoms with van der Waals surface area (Å²) < 4.78 is 7.69. The number of thiazole rings is 1. The Bertz CT molecular complexity index is 676. The highest BCUT2D eigenvalue weighted by Gasteiger charge is 2.16. The zero-order valence-corrected chi connectivity index (χ0v) is 12.1. The van der Waals surface area contributed by atoms with E-state index in [1.165, 1.54) is 24.5 Å². The number of nitrogens with zero attached hydrogens (tertiary/aromatic N) is 2. The molecule has 0 radical (unpaired) electrons. The molecule has 1 heterocycles. The zero-order valence-electron chi connectivity index (χ0n) is 10.5. The van der Waals surface area contributed by atoms with Gasteiger partial charge in [0.15, 0.2) is 3.95 Å². The van der Waals surface area contributed by atoms with E-state index in [2.05, 4.69) is 0 Å². The van der Waals surface area contributed by atoms with E-state index in [0.29, 0.717) is 21.8 Å². The van der Waals surface area contributed by atoms with Gasteiger partial charge in [-0.05, 0) is 31.3 Å². The van der Waals surface area contributed by atoms with Crippen LogP contribution < -0.4 is 4.74 Å². The minimum atomic E-state index is -0.389. The van der Waals surface area contributed by atoms with Gasteiger partial charge in [-0.25, -0.2) is 0 Å². The molecule has 0 unspecified atom stereocenters. The molecule has 1 aromatic heterocycles. The standard InChI is InChI=1S/C12H12N2O3S2/c1-8-7-19-12(18)13(8)6-9-5-10(17-2)3-4-11(9)14(15)16/h3-5,7H,6H2,1-2H3. The van der Waals surface area contributed by atoms with Gasteiger partial charge in [-0.3, -0.25) is 10.1 Å². The van der Waals surface area contributed by atoms with Crippen molar-refractivity contribution >= 4 is 29.2 Å². The topological polar surface area (TPSA) is 57.3 Å². The smallest absolute Gasteiger partial charge is 0.274 e. The average molecular weight is 296 g/mol. The summed E-state index contributed by atoms with van der Waals surface area (Å²) in [5, 5.41) is 13.0. The Labute approximate surface area is 119 Å². The molecule has 5 nitrogen and oxygen atoms in total. The van der Waals surface area contributed by atoms with Crippen molar-refractivity contribution < 1.29 is 9.66 Å². The van der Waals surface area contributed by atoms with Crippen LogP contribution in [0.3, 0.4) is 0 Å². The van der Waals surface area contributed by atoms with Crippen LogP contribution in [-0.4, -0.2) is 16.6 Å². The van der Waals surface area contributed by atoms with Gasteiger partial charge in [0.2, 0.25) is 0 Å². The summed E-state index contributed by atoms with van der Waals surface area (Å²) in [5.74, 6) is 0.597. The minimum Gasteiger partial charge on any atom is -0.497 e. The van der Waals surface area contributed by atoms with E-state index in [4.69, 9.17) is 17.0 Å². The molecule has 0 bridgehead atoms. The van der Waals surface area contributed by atoms with Crippen molar-refractivity contribution in [3.8, 4) is 5.75 Å². The lowest BCUT2D eigenvalue weighted by molar-refractivity contribution is -0.385. The van der Waals surface area contributed by atoms with Gasteiger partial charge in [0.1, 0.15) is 5.75 Å². The third-order valence-electron chi connectivity index (χ3n) is 2.79.